The van der Waals surface area contributed by atoms with E-state index in [4.69, 9.17) is 0 Å². The lowest BCUT2D eigenvalue weighted by Gasteiger charge is -2.23. The summed E-state index contributed by atoms with van der Waals surface area (Å²) in [5.41, 5.74) is 2.74. The minimum Gasteiger partial charge on any atom is -0.339 e. The van der Waals surface area contributed by atoms with Crippen LogP contribution in [0.3, 0.4) is 0 Å². The van der Waals surface area contributed by atoms with Crippen LogP contribution in [0.5, 0.6) is 0 Å². The molecule has 0 aliphatic rings. The average Bonchev–Trinajstić information content (AvgIpc) is 2.32. The summed E-state index contributed by atoms with van der Waals surface area (Å²) in [7, 11) is 0. The van der Waals surface area contributed by atoms with Gasteiger partial charge in [0.15, 0.2) is 0 Å². The Morgan fingerprint density at radius 2 is 1.79 bits per heavy atom. The smallest absolute Gasteiger partial charge is 0.225 e. The summed E-state index contributed by atoms with van der Waals surface area (Å²) >= 11 is 0. The summed E-state index contributed by atoms with van der Waals surface area (Å²) in [6.07, 6.45) is 7.66. The Labute approximate surface area is 119 Å². The van der Waals surface area contributed by atoms with E-state index >= 15 is 0 Å². The molecule has 0 radical (unpaired) electrons. The molecule has 1 amide bonds. The largest absolute Gasteiger partial charge is 0.339 e. The zero-order valence-electron chi connectivity index (χ0n) is 13.6. The van der Waals surface area contributed by atoms with E-state index in [1.54, 1.807) is 0 Å². The van der Waals surface area contributed by atoms with Gasteiger partial charge >= 0.3 is 0 Å². The standard InChI is InChI=1S/C17H31NO/c1-7-12-18(17(19)15(4)5)13-11-16(6)10-8-9-14(2)3/h9,11,15H,7-8,10,12-13H2,1-6H3/b16-11+. The molecule has 0 aliphatic heterocycles. The van der Waals surface area contributed by atoms with Gasteiger partial charge in [-0.1, -0.05) is 44.1 Å². The molecule has 0 aromatic heterocycles. The number of allylic oxidation sites excluding steroid dienone is 3. The predicted molar refractivity (Wildman–Crippen MR) is 84.1 cm³/mol. The Kier molecular flexibility index (Phi) is 9.28. The van der Waals surface area contributed by atoms with Crippen molar-refractivity contribution in [1.82, 2.24) is 4.90 Å². The van der Waals surface area contributed by atoms with Crippen molar-refractivity contribution < 1.29 is 4.79 Å². The fraction of sp³-hybridized carbons (Fsp3) is 0.706. The number of nitrogens with zero attached hydrogens (tertiary/aromatic N) is 1. The van der Waals surface area contributed by atoms with Gasteiger partial charge in [0.25, 0.3) is 0 Å². The first-order valence-corrected chi connectivity index (χ1v) is 7.46. The maximum atomic E-state index is 12.0. The van der Waals surface area contributed by atoms with Crippen molar-refractivity contribution in [2.24, 2.45) is 5.92 Å². The zero-order valence-corrected chi connectivity index (χ0v) is 13.6. The predicted octanol–water partition coefficient (Wildman–Crippen LogP) is 4.57. The number of hydrogen-bond acceptors (Lipinski definition) is 1. The average molecular weight is 265 g/mol. The van der Waals surface area contributed by atoms with Gasteiger partial charge in [-0.25, -0.2) is 0 Å². The molecule has 0 fully saturated rings. The van der Waals surface area contributed by atoms with Crippen molar-refractivity contribution in [2.45, 2.75) is 60.8 Å². The molecule has 2 heteroatoms. The quantitative estimate of drug-likeness (QED) is 0.588. The lowest BCUT2D eigenvalue weighted by Crippen LogP contribution is -2.35. The van der Waals surface area contributed by atoms with Gasteiger partial charge < -0.3 is 4.90 Å². The topological polar surface area (TPSA) is 20.3 Å². The Bertz CT molecular complexity index is 322. The van der Waals surface area contributed by atoms with Crippen LogP contribution in [0, 0.1) is 5.92 Å². The van der Waals surface area contributed by atoms with Crippen LogP contribution >= 0.6 is 0 Å². The fourth-order valence-corrected chi connectivity index (χ4v) is 1.88. The van der Waals surface area contributed by atoms with E-state index in [-0.39, 0.29) is 11.8 Å². The van der Waals surface area contributed by atoms with E-state index in [0.717, 1.165) is 32.4 Å². The minimum absolute atomic E-state index is 0.0888. The van der Waals surface area contributed by atoms with Crippen molar-refractivity contribution in [3.05, 3.63) is 23.3 Å². The van der Waals surface area contributed by atoms with Gasteiger partial charge in [-0.05, 0) is 40.0 Å². The molecule has 0 rings (SSSR count). The lowest BCUT2D eigenvalue weighted by atomic mass is 10.1. The van der Waals surface area contributed by atoms with Crippen LogP contribution in [0.1, 0.15) is 60.8 Å². The Morgan fingerprint density at radius 1 is 1.16 bits per heavy atom. The van der Waals surface area contributed by atoms with Crippen LogP contribution in [0.2, 0.25) is 0 Å². The van der Waals surface area contributed by atoms with Crippen LogP contribution in [0.15, 0.2) is 23.3 Å². The number of amides is 1. The van der Waals surface area contributed by atoms with Crippen LogP contribution in [0.25, 0.3) is 0 Å². The van der Waals surface area contributed by atoms with Crippen molar-refractivity contribution in [3.63, 3.8) is 0 Å². The maximum absolute atomic E-state index is 12.0. The second-order valence-corrected chi connectivity index (χ2v) is 5.81. The second-order valence-electron chi connectivity index (χ2n) is 5.81. The summed E-state index contributed by atoms with van der Waals surface area (Å²) in [5, 5.41) is 0. The van der Waals surface area contributed by atoms with Gasteiger partial charge in [-0.2, -0.15) is 0 Å². The van der Waals surface area contributed by atoms with E-state index in [1.165, 1.54) is 11.1 Å². The molecule has 110 valence electrons. The highest BCUT2D eigenvalue weighted by atomic mass is 16.2. The van der Waals surface area contributed by atoms with Gasteiger partial charge in [0, 0.05) is 19.0 Å². The molecule has 0 saturated heterocycles. The van der Waals surface area contributed by atoms with Gasteiger partial charge in [-0.15, -0.1) is 0 Å². The first-order chi connectivity index (χ1) is 8.88. The molecule has 0 N–H and O–H groups in total. The first kappa shape index (κ1) is 17.9. The highest BCUT2D eigenvalue weighted by molar-refractivity contribution is 5.78. The number of carbonyl (C=O) groups excluding carboxylic acids is 1. The molecule has 0 spiro atoms. The minimum atomic E-state index is 0.0888. The van der Waals surface area contributed by atoms with Crippen molar-refractivity contribution in [1.29, 1.82) is 0 Å². The van der Waals surface area contributed by atoms with E-state index in [0.29, 0.717) is 0 Å². The van der Waals surface area contributed by atoms with E-state index < -0.39 is 0 Å². The van der Waals surface area contributed by atoms with Gasteiger partial charge in [0.1, 0.15) is 0 Å². The highest BCUT2D eigenvalue weighted by Gasteiger charge is 2.14. The summed E-state index contributed by atoms with van der Waals surface area (Å²) in [4.78, 5) is 14.0. The molecule has 0 unspecified atom stereocenters. The fourth-order valence-electron chi connectivity index (χ4n) is 1.88. The Morgan fingerprint density at radius 3 is 2.26 bits per heavy atom. The number of hydrogen-bond donors (Lipinski definition) is 0. The zero-order chi connectivity index (χ0) is 14.8. The third-order valence-electron chi connectivity index (χ3n) is 3.05. The SMILES string of the molecule is CCCN(C/C=C(\C)CCC=C(C)C)C(=O)C(C)C. The monoisotopic (exact) mass is 265 g/mol. The molecular formula is C17H31NO. The van der Waals surface area contributed by atoms with Crippen molar-refractivity contribution in [2.75, 3.05) is 13.1 Å². The molecule has 2 nitrogen and oxygen atoms in total. The summed E-state index contributed by atoms with van der Waals surface area (Å²) < 4.78 is 0. The first-order valence-electron chi connectivity index (χ1n) is 7.46. The summed E-state index contributed by atoms with van der Waals surface area (Å²) in [5.74, 6) is 0.348. The molecule has 0 heterocycles. The van der Waals surface area contributed by atoms with Crippen LogP contribution in [-0.4, -0.2) is 23.9 Å². The van der Waals surface area contributed by atoms with E-state index in [2.05, 4.69) is 39.8 Å². The molecule has 0 aromatic carbocycles. The van der Waals surface area contributed by atoms with Gasteiger partial charge in [-0.3, -0.25) is 4.79 Å². The Balaban J connectivity index is 4.36. The molecular weight excluding hydrogens is 234 g/mol. The summed E-state index contributed by atoms with van der Waals surface area (Å²) in [6, 6.07) is 0. The highest BCUT2D eigenvalue weighted by Crippen LogP contribution is 2.08. The molecule has 0 aromatic rings. The van der Waals surface area contributed by atoms with Crippen LogP contribution < -0.4 is 0 Å². The molecule has 19 heavy (non-hydrogen) atoms. The van der Waals surface area contributed by atoms with Crippen LogP contribution in [0.4, 0.5) is 0 Å². The molecule has 0 aliphatic carbocycles. The van der Waals surface area contributed by atoms with Crippen molar-refractivity contribution >= 4 is 5.91 Å². The third kappa shape index (κ3) is 8.63. The van der Waals surface area contributed by atoms with Gasteiger partial charge in [0.2, 0.25) is 5.91 Å². The van der Waals surface area contributed by atoms with E-state index in [9.17, 15) is 4.79 Å². The molecule has 0 atom stereocenters. The van der Waals surface area contributed by atoms with E-state index in [1.807, 2.05) is 18.7 Å². The van der Waals surface area contributed by atoms with Gasteiger partial charge in [0.05, 0.1) is 0 Å². The lowest BCUT2D eigenvalue weighted by molar-refractivity contribution is -0.133. The number of carbonyl (C=O) groups is 1. The molecule has 0 saturated carbocycles. The normalized spacial score (nSPS) is 11.6. The number of rotatable bonds is 8. The molecule has 0 bridgehead atoms. The second kappa shape index (κ2) is 9.82. The third-order valence-corrected chi connectivity index (χ3v) is 3.05. The van der Waals surface area contributed by atoms with Crippen molar-refractivity contribution in [3.8, 4) is 0 Å². The summed E-state index contributed by atoms with van der Waals surface area (Å²) in [6.45, 7) is 14.1. The van der Waals surface area contributed by atoms with Crippen LogP contribution in [-0.2, 0) is 4.79 Å². The maximum Gasteiger partial charge on any atom is 0.225 e. The Hall–Kier alpha value is -1.05.